The minimum absolute atomic E-state index is 0.0346. The van der Waals surface area contributed by atoms with E-state index in [1.165, 1.54) is 36.4 Å². The summed E-state index contributed by atoms with van der Waals surface area (Å²) in [5.74, 6) is -1.93. The molecule has 39 heavy (non-hydrogen) atoms. The number of imidazole rings is 1. The monoisotopic (exact) mass is 588 g/mol. The predicted octanol–water partition coefficient (Wildman–Crippen LogP) is 7.75. The molecule has 0 aliphatic heterocycles. The van der Waals surface area contributed by atoms with Crippen LogP contribution in [0.25, 0.3) is 11.0 Å². The first-order valence-corrected chi connectivity index (χ1v) is 11.8. The second-order valence-corrected chi connectivity index (χ2v) is 9.09. The van der Waals surface area contributed by atoms with Gasteiger partial charge in [0.15, 0.2) is 0 Å². The average Bonchev–Trinajstić information content (AvgIpc) is 3.26. The molecule has 0 aliphatic carbocycles. The predicted molar refractivity (Wildman–Crippen MR) is 134 cm³/mol. The van der Waals surface area contributed by atoms with E-state index in [-0.39, 0.29) is 38.0 Å². The van der Waals surface area contributed by atoms with Crippen molar-refractivity contribution in [3.63, 3.8) is 0 Å². The summed E-state index contributed by atoms with van der Waals surface area (Å²) in [4.78, 5) is 29.9. The standard InChI is InChI=1S/C25H16Cl2F6N4O2/c26-15-6-2-7-16(27)20(15)23(39)36-17-8-3-9-18-21(17)34-12-37(18)19(11-24(28,29)30)22(38)35-14-5-1-4-13(10-14)25(31,32)33/h1-10,12,19H,11H2,(H,35,38)(H,36,39). The molecule has 1 heterocycles. The Morgan fingerprint density at radius 1 is 0.897 bits per heavy atom. The Labute approximate surface area is 226 Å². The highest BCUT2D eigenvalue weighted by Gasteiger charge is 2.37. The molecule has 14 heteroatoms. The van der Waals surface area contributed by atoms with Gasteiger partial charge in [-0.15, -0.1) is 0 Å². The normalized spacial score (nSPS) is 12.8. The SMILES string of the molecule is O=C(Nc1cccc2c1ncn2C(CC(F)(F)F)C(=O)Nc1cccc(C(F)(F)F)c1)c1c(Cl)cccc1Cl. The quantitative estimate of drug-likeness (QED) is 0.226. The minimum Gasteiger partial charge on any atom is -0.324 e. The molecular weight excluding hydrogens is 573 g/mol. The molecule has 4 aromatic rings. The van der Waals surface area contributed by atoms with Crippen molar-refractivity contribution < 1.29 is 35.9 Å². The van der Waals surface area contributed by atoms with Crippen LogP contribution in [0.4, 0.5) is 37.7 Å². The van der Waals surface area contributed by atoms with E-state index in [2.05, 4.69) is 15.6 Å². The maximum Gasteiger partial charge on any atom is 0.416 e. The number of para-hydroxylation sites is 1. The maximum atomic E-state index is 13.5. The van der Waals surface area contributed by atoms with Crippen LogP contribution in [0.5, 0.6) is 0 Å². The largest absolute Gasteiger partial charge is 0.416 e. The highest BCUT2D eigenvalue weighted by Crippen LogP contribution is 2.34. The number of nitrogens with zero attached hydrogens (tertiary/aromatic N) is 2. The van der Waals surface area contributed by atoms with Crippen LogP contribution in [0.1, 0.15) is 28.4 Å². The topological polar surface area (TPSA) is 76.0 Å². The van der Waals surface area contributed by atoms with Gasteiger partial charge in [-0.2, -0.15) is 26.3 Å². The summed E-state index contributed by atoms with van der Waals surface area (Å²) >= 11 is 12.1. The van der Waals surface area contributed by atoms with Crippen LogP contribution in [0.15, 0.2) is 67.0 Å². The summed E-state index contributed by atoms with van der Waals surface area (Å²) in [6.07, 6.45) is -10.2. The Morgan fingerprint density at radius 3 is 2.18 bits per heavy atom. The van der Waals surface area contributed by atoms with Crippen molar-refractivity contribution in [3.05, 3.63) is 88.2 Å². The number of fused-ring (bicyclic) bond motifs is 1. The summed E-state index contributed by atoms with van der Waals surface area (Å²) in [7, 11) is 0. The molecule has 0 fully saturated rings. The zero-order valence-corrected chi connectivity index (χ0v) is 20.9. The van der Waals surface area contributed by atoms with Gasteiger partial charge in [0.1, 0.15) is 11.6 Å². The molecule has 1 atom stereocenters. The second-order valence-electron chi connectivity index (χ2n) is 8.28. The summed E-state index contributed by atoms with van der Waals surface area (Å²) in [5, 5.41) is 4.81. The molecule has 4 rings (SSSR count). The number of amides is 2. The van der Waals surface area contributed by atoms with Crippen LogP contribution in [0, 0.1) is 0 Å². The van der Waals surface area contributed by atoms with Crippen LogP contribution in [-0.2, 0) is 11.0 Å². The lowest BCUT2D eigenvalue weighted by atomic mass is 10.1. The molecule has 0 radical (unpaired) electrons. The minimum atomic E-state index is -4.82. The van der Waals surface area contributed by atoms with Crippen molar-refractivity contribution >= 4 is 57.4 Å². The molecule has 0 spiro atoms. The van der Waals surface area contributed by atoms with Crippen molar-refractivity contribution in [1.82, 2.24) is 9.55 Å². The van der Waals surface area contributed by atoms with E-state index in [1.807, 2.05) is 0 Å². The summed E-state index contributed by atoms with van der Waals surface area (Å²) in [6, 6.07) is 10.2. The smallest absolute Gasteiger partial charge is 0.324 e. The molecule has 0 saturated carbocycles. The number of anilines is 2. The van der Waals surface area contributed by atoms with Gasteiger partial charge in [-0.25, -0.2) is 4.98 Å². The van der Waals surface area contributed by atoms with E-state index in [1.54, 1.807) is 0 Å². The highest BCUT2D eigenvalue weighted by molar-refractivity contribution is 6.40. The first-order chi connectivity index (χ1) is 18.2. The number of alkyl halides is 6. The van der Waals surface area contributed by atoms with Crippen molar-refractivity contribution in [3.8, 4) is 0 Å². The van der Waals surface area contributed by atoms with Gasteiger partial charge in [0.2, 0.25) is 5.91 Å². The Hall–Kier alpha value is -3.77. The van der Waals surface area contributed by atoms with Gasteiger partial charge in [-0.1, -0.05) is 41.4 Å². The molecule has 204 valence electrons. The van der Waals surface area contributed by atoms with E-state index >= 15 is 0 Å². The number of rotatable bonds is 6. The summed E-state index contributed by atoms with van der Waals surface area (Å²) in [5.41, 5.74) is -1.26. The van der Waals surface area contributed by atoms with Crippen LogP contribution in [0.3, 0.4) is 0 Å². The fourth-order valence-corrected chi connectivity index (χ4v) is 4.41. The molecule has 2 N–H and O–H groups in total. The summed E-state index contributed by atoms with van der Waals surface area (Å²) in [6.45, 7) is 0. The van der Waals surface area contributed by atoms with Crippen LogP contribution in [-0.4, -0.2) is 27.5 Å². The van der Waals surface area contributed by atoms with Gasteiger partial charge < -0.3 is 15.2 Å². The van der Waals surface area contributed by atoms with Crippen LogP contribution in [0.2, 0.25) is 10.0 Å². The second kappa shape index (κ2) is 10.8. The third-order valence-electron chi connectivity index (χ3n) is 5.56. The summed E-state index contributed by atoms with van der Waals surface area (Å²) < 4.78 is 80.5. The van der Waals surface area contributed by atoms with E-state index < -0.39 is 42.2 Å². The van der Waals surface area contributed by atoms with E-state index in [0.29, 0.717) is 6.07 Å². The first-order valence-electron chi connectivity index (χ1n) is 11.0. The lowest BCUT2D eigenvalue weighted by Crippen LogP contribution is -2.30. The van der Waals surface area contributed by atoms with Crippen molar-refractivity contribution in [2.75, 3.05) is 10.6 Å². The fraction of sp³-hybridized carbons (Fsp3) is 0.160. The van der Waals surface area contributed by atoms with Crippen molar-refractivity contribution in [2.24, 2.45) is 0 Å². The number of carbonyl (C=O) groups excluding carboxylic acids is 2. The van der Waals surface area contributed by atoms with E-state index in [0.717, 1.165) is 29.1 Å². The van der Waals surface area contributed by atoms with Crippen molar-refractivity contribution in [2.45, 2.75) is 24.8 Å². The third-order valence-corrected chi connectivity index (χ3v) is 6.19. The average molecular weight is 589 g/mol. The number of benzene rings is 3. The third kappa shape index (κ3) is 6.45. The maximum absolute atomic E-state index is 13.5. The molecule has 1 unspecified atom stereocenters. The molecule has 1 aromatic heterocycles. The van der Waals surface area contributed by atoms with Crippen LogP contribution >= 0.6 is 23.2 Å². The number of nitrogens with one attached hydrogen (secondary N) is 2. The van der Waals surface area contributed by atoms with Gasteiger partial charge in [-0.3, -0.25) is 9.59 Å². The Bertz CT molecular complexity index is 1530. The fourth-order valence-electron chi connectivity index (χ4n) is 3.84. The number of halogens is 8. The zero-order valence-electron chi connectivity index (χ0n) is 19.4. The number of hydrogen-bond acceptors (Lipinski definition) is 3. The molecule has 2 amide bonds. The van der Waals surface area contributed by atoms with Gasteiger partial charge in [0, 0.05) is 5.69 Å². The molecule has 6 nitrogen and oxygen atoms in total. The zero-order chi connectivity index (χ0) is 28.5. The Kier molecular flexibility index (Phi) is 7.80. The molecule has 0 aliphatic rings. The lowest BCUT2D eigenvalue weighted by Gasteiger charge is -2.21. The van der Waals surface area contributed by atoms with Gasteiger partial charge >= 0.3 is 12.4 Å². The first kappa shape index (κ1) is 28.2. The van der Waals surface area contributed by atoms with Crippen molar-refractivity contribution in [1.29, 1.82) is 0 Å². The van der Waals surface area contributed by atoms with Gasteiger partial charge in [0.25, 0.3) is 5.91 Å². The van der Waals surface area contributed by atoms with Crippen LogP contribution < -0.4 is 10.6 Å². The Balaban J connectivity index is 1.69. The number of carbonyl (C=O) groups is 2. The number of hydrogen-bond donors (Lipinski definition) is 2. The molecule has 0 saturated heterocycles. The lowest BCUT2D eigenvalue weighted by molar-refractivity contribution is -0.150. The highest BCUT2D eigenvalue weighted by atomic mass is 35.5. The van der Waals surface area contributed by atoms with Gasteiger partial charge in [-0.05, 0) is 42.5 Å². The number of aromatic nitrogens is 2. The van der Waals surface area contributed by atoms with Gasteiger partial charge in [0.05, 0.1) is 45.1 Å². The molecular formula is C25H16Cl2F6N4O2. The molecule has 3 aromatic carbocycles. The van der Waals surface area contributed by atoms with E-state index in [4.69, 9.17) is 23.2 Å². The molecule has 0 bridgehead atoms. The van der Waals surface area contributed by atoms with E-state index in [9.17, 15) is 35.9 Å². The Morgan fingerprint density at radius 2 is 1.54 bits per heavy atom.